The van der Waals surface area contributed by atoms with Crippen LogP contribution in [0.15, 0.2) is 30.3 Å². The summed E-state index contributed by atoms with van der Waals surface area (Å²) in [5.74, 6) is -18.0. The van der Waals surface area contributed by atoms with Gasteiger partial charge in [-0.2, -0.15) is 0 Å². The third-order valence-corrected chi connectivity index (χ3v) is 16.5. The van der Waals surface area contributed by atoms with Crippen molar-refractivity contribution in [3.63, 3.8) is 0 Å². The van der Waals surface area contributed by atoms with Crippen LogP contribution in [0.25, 0.3) is 0 Å². The molecule has 15 amide bonds. The van der Waals surface area contributed by atoms with E-state index in [9.17, 15) is 102 Å². The summed E-state index contributed by atoms with van der Waals surface area (Å²) < 4.78 is 0. The van der Waals surface area contributed by atoms with Crippen molar-refractivity contribution in [1.82, 2.24) is 73.6 Å². The van der Waals surface area contributed by atoms with E-state index in [0.29, 0.717) is 18.4 Å². The Balaban J connectivity index is 1.65. The van der Waals surface area contributed by atoms with Crippen molar-refractivity contribution in [3.05, 3.63) is 35.9 Å². The van der Waals surface area contributed by atoms with Gasteiger partial charge in [0.2, 0.25) is 88.6 Å². The molecule has 1 aromatic carbocycles. The van der Waals surface area contributed by atoms with Crippen LogP contribution >= 0.6 is 0 Å². The van der Waals surface area contributed by atoms with Crippen molar-refractivity contribution in [2.24, 2.45) is 23.3 Å². The first-order valence-corrected chi connectivity index (χ1v) is 32.6. The van der Waals surface area contributed by atoms with Crippen molar-refractivity contribution >= 4 is 101 Å². The van der Waals surface area contributed by atoms with E-state index < -0.39 is 243 Å². The number of amides is 15. The van der Waals surface area contributed by atoms with Gasteiger partial charge >= 0.3 is 11.9 Å². The smallest absolute Gasteiger partial charge is 0.326 e. The molecule has 38 heteroatoms. The second-order valence-electron chi connectivity index (χ2n) is 24.8. The molecule has 0 spiro atoms. The molecule has 2 heterocycles. The minimum Gasteiger partial charge on any atom is -0.481 e. The van der Waals surface area contributed by atoms with Gasteiger partial charge in [0.15, 0.2) is 0 Å². The zero-order chi connectivity index (χ0) is 75.4. The van der Waals surface area contributed by atoms with Gasteiger partial charge in [-0.25, -0.2) is 4.79 Å². The average Bonchev–Trinajstić information content (AvgIpc) is 1.64. The van der Waals surface area contributed by atoms with E-state index in [-0.39, 0.29) is 38.8 Å². The summed E-state index contributed by atoms with van der Waals surface area (Å²) in [7, 11) is 0. The van der Waals surface area contributed by atoms with Crippen molar-refractivity contribution in [2.45, 2.75) is 198 Å². The highest BCUT2D eigenvalue weighted by atomic mass is 16.4. The SMILES string of the molecule is CC[C@H](C)[C@H](NC(=O)CNC(=O)[C@H](C)NC(=O)[C@H](CO)NC(=O)[C@H](CCC(N)=O)NC(=O)[C@H](Cc1ccccc1)NC(=O)[C@H](C)NC(=O)[C@H](CO)NC(=O)[C@H](C)NC(=O)[C@@H]1CCCN1C(=O)[C@@H]1CCCN1C(=O)[C@@H](N)CC(=O)O)C(=O)N[C@H](C(=O)NCC(=O)N[C@H](C(=O)O)C(C)C)[C@@H](C)O. The molecule has 2 saturated heterocycles. The Kier molecular flexibility index (Phi) is 34.4. The van der Waals surface area contributed by atoms with Crippen molar-refractivity contribution < 1.29 is 107 Å². The number of primary amides is 1. The fourth-order valence-corrected chi connectivity index (χ4v) is 10.5. The van der Waals surface area contributed by atoms with Gasteiger partial charge < -0.3 is 111 Å². The number of carboxylic acid groups (broad SMARTS) is 2. The maximum absolute atomic E-state index is 14.2. The van der Waals surface area contributed by atoms with E-state index in [2.05, 4.69) is 63.8 Å². The van der Waals surface area contributed by atoms with E-state index in [4.69, 9.17) is 16.6 Å². The number of aliphatic carboxylic acids is 2. The number of aliphatic hydroxyl groups excluding tert-OH is 3. The minimum absolute atomic E-state index is 0.130. The number of nitrogens with zero attached hydrogens (tertiary/aromatic N) is 2. The maximum atomic E-state index is 14.2. The molecule has 2 aliphatic rings. The highest BCUT2D eigenvalue weighted by molar-refractivity contribution is 6.00. The van der Waals surface area contributed by atoms with Gasteiger partial charge in [0, 0.05) is 25.9 Å². The van der Waals surface area contributed by atoms with E-state index in [1.165, 1.54) is 30.6 Å². The largest absolute Gasteiger partial charge is 0.481 e. The summed E-state index contributed by atoms with van der Waals surface area (Å²) in [5, 5.41) is 77.3. The lowest BCUT2D eigenvalue weighted by atomic mass is 9.97. The fourth-order valence-electron chi connectivity index (χ4n) is 10.5. The number of hydrogen-bond donors (Lipinski definition) is 19. The number of rotatable bonds is 40. The van der Waals surface area contributed by atoms with Crippen LogP contribution < -0.4 is 75.3 Å². The van der Waals surface area contributed by atoms with Gasteiger partial charge in [0.1, 0.15) is 72.5 Å². The molecule has 0 aromatic heterocycles. The van der Waals surface area contributed by atoms with Crippen LogP contribution in [0.2, 0.25) is 0 Å². The molecule has 0 radical (unpaired) electrons. The van der Waals surface area contributed by atoms with Crippen LogP contribution in [-0.2, 0) is 87.9 Å². The zero-order valence-corrected chi connectivity index (χ0v) is 57.0. The number of nitrogens with two attached hydrogens (primary N) is 2. The van der Waals surface area contributed by atoms with Crippen LogP contribution in [0.4, 0.5) is 0 Å². The van der Waals surface area contributed by atoms with Crippen LogP contribution in [0.1, 0.15) is 112 Å². The first kappa shape index (κ1) is 84.3. The minimum atomic E-state index is -1.85. The molecule has 38 nitrogen and oxygen atoms in total. The number of aliphatic hydroxyl groups is 3. The van der Waals surface area contributed by atoms with Gasteiger partial charge in [-0.1, -0.05) is 64.4 Å². The van der Waals surface area contributed by atoms with E-state index in [1.807, 2.05) is 0 Å². The Morgan fingerprint density at radius 2 is 1.00 bits per heavy atom. The van der Waals surface area contributed by atoms with Crippen molar-refractivity contribution in [2.75, 3.05) is 39.4 Å². The molecular weight excluding hydrogens is 1320 g/mol. The molecule has 3 rings (SSSR count). The van der Waals surface area contributed by atoms with Crippen LogP contribution in [0.5, 0.6) is 0 Å². The molecule has 1 aromatic rings. The standard InChI is InChI=1S/C62H96N16O22/c1-9-30(4)48(59(96)76-49(34(8)81)58(95)66-26-44(83)74-47(29(2)3)62(99)100)75-45(84)25-65-50(87)31(5)67-56(93)40(28-80)73-53(90)37(19-20-43(64)82)70-54(91)38(23-35-15-11-10-12-16-35)71-51(88)32(6)68-55(92)39(27-79)72-52(89)33(7)69-57(94)41-17-13-21-77(41)61(98)42-18-14-22-78(42)60(97)36(63)24-46(85)86/h10-12,15-16,29-34,36-42,47-49,79-81H,9,13-14,17-28,63H2,1-8H3,(H2,64,82)(H,65,87)(H,66,95)(H,67,93)(H,68,92)(H,69,94)(H,70,91)(H,71,88)(H,72,89)(H,73,90)(H,74,83)(H,75,84)(H,76,96)(H,85,86)(H,99,100)/t30-,31-,32-,33-,34+,36-,37-,38-,39-,40-,41-,42-,47-,48-,49-/m0/s1. The Hall–Kier alpha value is -9.95. The first-order chi connectivity index (χ1) is 47.0. The molecule has 100 heavy (non-hydrogen) atoms. The average molecular weight is 1420 g/mol. The molecule has 15 atom stereocenters. The Bertz CT molecular complexity index is 3120. The third kappa shape index (κ3) is 26.4. The van der Waals surface area contributed by atoms with E-state index >= 15 is 0 Å². The van der Waals surface area contributed by atoms with Crippen molar-refractivity contribution in [3.8, 4) is 0 Å². The quantitative estimate of drug-likeness (QED) is 0.0290. The summed E-state index contributed by atoms with van der Waals surface area (Å²) in [6.45, 7) is 7.75. The third-order valence-electron chi connectivity index (χ3n) is 16.5. The number of nitrogens with one attached hydrogen (secondary N) is 12. The molecule has 0 saturated carbocycles. The Morgan fingerprint density at radius 1 is 0.530 bits per heavy atom. The van der Waals surface area contributed by atoms with Gasteiger partial charge in [0.25, 0.3) is 0 Å². The normalized spacial score (nSPS) is 18.1. The number of carbonyl (C=O) groups excluding carboxylic acids is 15. The van der Waals surface area contributed by atoms with Crippen molar-refractivity contribution in [1.29, 1.82) is 0 Å². The number of carboxylic acids is 2. The van der Waals surface area contributed by atoms with E-state index in [0.717, 1.165) is 6.92 Å². The lowest BCUT2D eigenvalue weighted by Gasteiger charge is -2.32. The summed E-state index contributed by atoms with van der Waals surface area (Å²) in [4.78, 5) is 225. The Morgan fingerprint density at radius 3 is 1.51 bits per heavy atom. The number of benzene rings is 1. The summed E-state index contributed by atoms with van der Waals surface area (Å²) in [5.41, 5.74) is 11.7. The molecular formula is C62H96N16O22. The lowest BCUT2D eigenvalue weighted by Crippen LogP contribution is -2.61. The lowest BCUT2D eigenvalue weighted by molar-refractivity contribution is -0.148. The summed E-state index contributed by atoms with van der Waals surface area (Å²) >= 11 is 0. The molecule has 0 bridgehead atoms. The topological polar surface area (TPSA) is 594 Å². The second-order valence-corrected chi connectivity index (χ2v) is 24.8. The fraction of sp³-hybridized carbons (Fsp3) is 0.629. The van der Waals surface area contributed by atoms with Crippen LogP contribution in [0.3, 0.4) is 0 Å². The predicted octanol–water partition coefficient (Wildman–Crippen LogP) is -8.43. The van der Waals surface area contributed by atoms with Gasteiger partial charge in [-0.3, -0.25) is 76.7 Å². The van der Waals surface area contributed by atoms with Gasteiger partial charge in [-0.05, 0) is 77.2 Å². The molecule has 0 unspecified atom stereocenters. The highest BCUT2D eigenvalue weighted by Gasteiger charge is 2.44. The molecule has 21 N–H and O–H groups in total. The molecule has 0 aliphatic carbocycles. The van der Waals surface area contributed by atoms with Gasteiger partial charge in [0.05, 0.1) is 44.9 Å². The first-order valence-electron chi connectivity index (χ1n) is 32.6. The number of hydrogen-bond acceptors (Lipinski definition) is 21. The second kappa shape index (κ2) is 40.8. The van der Waals surface area contributed by atoms with E-state index in [1.54, 1.807) is 58.0 Å². The maximum Gasteiger partial charge on any atom is 0.326 e. The zero-order valence-electron chi connectivity index (χ0n) is 57.0. The Labute approximate surface area is 575 Å². The highest BCUT2D eigenvalue weighted by Crippen LogP contribution is 2.26. The summed E-state index contributed by atoms with van der Waals surface area (Å²) in [6, 6.07) is -11.0. The predicted molar refractivity (Wildman–Crippen MR) is 348 cm³/mol. The monoisotopic (exact) mass is 1420 g/mol. The van der Waals surface area contributed by atoms with Crippen LogP contribution in [-0.4, -0.2) is 260 Å². The number of carbonyl (C=O) groups is 17. The number of likely N-dealkylation sites (tertiary alicyclic amines) is 2. The molecule has 556 valence electrons. The summed E-state index contributed by atoms with van der Waals surface area (Å²) in [6.07, 6.45) is -2.00. The van der Waals surface area contributed by atoms with Crippen LogP contribution in [0, 0.1) is 11.8 Å². The van der Waals surface area contributed by atoms with Gasteiger partial charge in [-0.15, -0.1) is 0 Å². The molecule has 2 aliphatic heterocycles. The molecule has 2 fully saturated rings.